The zero-order chi connectivity index (χ0) is 28.7. The van der Waals surface area contributed by atoms with E-state index in [9.17, 15) is 18.0 Å². The number of amides is 2. The summed E-state index contributed by atoms with van der Waals surface area (Å²) in [6.45, 7) is 5.27. The maximum absolute atomic E-state index is 14.1. The maximum atomic E-state index is 14.1. The van der Waals surface area contributed by atoms with Gasteiger partial charge in [0.25, 0.3) is 0 Å². The van der Waals surface area contributed by atoms with Crippen molar-refractivity contribution in [1.82, 2.24) is 14.5 Å². The first-order chi connectivity index (χ1) is 18.4. The van der Waals surface area contributed by atoms with E-state index in [1.54, 1.807) is 18.2 Å². The number of carbonyl (C=O) groups is 2. The fourth-order valence-corrected chi connectivity index (χ4v) is 6.18. The minimum Gasteiger partial charge on any atom is -0.352 e. The standard InChI is InChI=1S/C29H41ClN4O4S/c1-6-26(29(36)31-25-10-8-7-9-11-25)33(19-23-14-16-24(30)17-15-23)28(35)20-34(39(37,38)32(4)5)27-18-21(2)12-13-22(27)3/h12-18,25-26H,6-11,19-20H2,1-5H3,(H,31,36)/t26-/m0/s1. The molecule has 0 bridgehead atoms. The van der Waals surface area contributed by atoms with Crippen LogP contribution in [0.15, 0.2) is 42.5 Å². The van der Waals surface area contributed by atoms with Crippen molar-refractivity contribution in [1.29, 1.82) is 0 Å². The van der Waals surface area contributed by atoms with Gasteiger partial charge in [0.05, 0.1) is 5.69 Å². The molecule has 0 heterocycles. The Balaban J connectivity index is 1.99. The zero-order valence-corrected chi connectivity index (χ0v) is 25.2. The van der Waals surface area contributed by atoms with Crippen LogP contribution < -0.4 is 9.62 Å². The lowest BCUT2D eigenvalue weighted by Gasteiger charge is -2.35. The minimum absolute atomic E-state index is 0.0911. The van der Waals surface area contributed by atoms with Crippen molar-refractivity contribution in [3.05, 3.63) is 64.2 Å². The molecule has 1 saturated carbocycles. The molecule has 0 unspecified atom stereocenters. The molecule has 1 aliphatic rings. The fourth-order valence-electron chi connectivity index (χ4n) is 4.94. The summed E-state index contributed by atoms with van der Waals surface area (Å²) in [5, 5.41) is 3.72. The number of anilines is 1. The molecule has 2 aromatic rings. The molecule has 1 N–H and O–H groups in total. The molecule has 214 valence electrons. The third kappa shape index (κ3) is 7.96. The lowest BCUT2D eigenvalue weighted by Crippen LogP contribution is -2.54. The zero-order valence-electron chi connectivity index (χ0n) is 23.6. The number of aryl methyl sites for hydroxylation is 2. The van der Waals surface area contributed by atoms with Gasteiger partial charge >= 0.3 is 10.2 Å². The largest absolute Gasteiger partial charge is 0.352 e. The minimum atomic E-state index is -4.01. The van der Waals surface area contributed by atoms with Gasteiger partial charge in [-0.1, -0.05) is 62.1 Å². The molecule has 0 aliphatic heterocycles. The summed E-state index contributed by atoms with van der Waals surface area (Å²) in [6.07, 6.45) is 5.55. The van der Waals surface area contributed by atoms with Crippen LogP contribution in [0.4, 0.5) is 5.69 Å². The highest BCUT2D eigenvalue weighted by Crippen LogP contribution is 2.26. The van der Waals surface area contributed by atoms with Crippen LogP contribution >= 0.6 is 11.6 Å². The Morgan fingerprint density at radius 2 is 1.67 bits per heavy atom. The van der Waals surface area contributed by atoms with E-state index < -0.39 is 28.7 Å². The van der Waals surface area contributed by atoms with Gasteiger partial charge in [0.2, 0.25) is 11.8 Å². The molecular weight excluding hydrogens is 536 g/mol. The van der Waals surface area contributed by atoms with Crippen molar-refractivity contribution >= 4 is 39.3 Å². The van der Waals surface area contributed by atoms with Crippen LogP contribution in [0.25, 0.3) is 0 Å². The average Bonchev–Trinajstić information content (AvgIpc) is 2.90. The number of benzene rings is 2. The highest BCUT2D eigenvalue weighted by molar-refractivity contribution is 7.90. The Bertz CT molecular complexity index is 1240. The quantitative estimate of drug-likeness (QED) is 0.415. The normalized spacial score (nSPS) is 15.2. The van der Waals surface area contributed by atoms with Crippen LogP contribution in [0, 0.1) is 13.8 Å². The van der Waals surface area contributed by atoms with Crippen LogP contribution in [0.2, 0.25) is 5.02 Å². The Kier molecular flexibility index (Phi) is 10.8. The Morgan fingerprint density at radius 3 is 2.26 bits per heavy atom. The summed E-state index contributed by atoms with van der Waals surface area (Å²) in [6, 6.07) is 11.9. The number of hydrogen-bond donors (Lipinski definition) is 1. The summed E-state index contributed by atoms with van der Waals surface area (Å²) in [7, 11) is -1.13. The number of nitrogens with one attached hydrogen (secondary N) is 1. The first kappa shape index (κ1) is 30.9. The van der Waals surface area contributed by atoms with E-state index in [-0.39, 0.29) is 18.5 Å². The topological polar surface area (TPSA) is 90.0 Å². The second-order valence-electron chi connectivity index (χ2n) is 10.5. The molecule has 3 rings (SSSR count). The van der Waals surface area contributed by atoms with E-state index in [1.165, 1.54) is 25.4 Å². The van der Waals surface area contributed by atoms with Gasteiger partial charge < -0.3 is 10.2 Å². The van der Waals surface area contributed by atoms with Gasteiger partial charge in [-0.3, -0.25) is 9.59 Å². The molecule has 2 aromatic carbocycles. The first-order valence-corrected chi connectivity index (χ1v) is 15.3. The number of hydrogen-bond acceptors (Lipinski definition) is 4. The second-order valence-corrected chi connectivity index (χ2v) is 13.0. The highest BCUT2D eigenvalue weighted by atomic mass is 35.5. The van der Waals surface area contributed by atoms with Gasteiger partial charge in [-0.25, -0.2) is 4.31 Å². The van der Waals surface area contributed by atoms with Crippen molar-refractivity contribution < 1.29 is 18.0 Å². The molecular formula is C29H41ClN4O4S. The Hall–Kier alpha value is -2.62. The van der Waals surface area contributed by atoms with Crippen LogP contribution in [-0.2, 0) is 26.3 Å². The van der Waals surface area contributed by atoms with E-state index in [1.807, 2.05) is 45.0 Å². The van der Waals surface area contributed by atoms with Gasteiger partial charge in [0, 0.05) is 31.7 Å². The van der Waals surface area contributed by atoms with Crippen molar-refractivity contribution in [3.8, 4) is 0 Å². The molecule has 1 aliphatic carbocycles. The van der Waals surface area contributed by atoms with Gasteiger partial charge in [-0.15, -0.1) is 0 Å². The van der Waals surface area contributed by atoms with E-state index in [0.29, 0.717) is 17.1 Å². The molecule has 0 radical (unpaired) electrons. The Labute approximate surface area is 238 Å². The first-order valence-electron chi connectivity index (χ1n) is 13.6. The van der Waals surface area contributed by atoms with Gasteiger partial charge in [0.1, 0.15) is 12.6 Å². The second kappa shape index (κ2) is 13.6. The smallest absolute Gasteiger partial charge is 0.304 e. The molecule has 39 heavy (non-hydrogen) atoms. The number of carbonyl (C=O) groups excluding carboxylic acids is 2. The summed E-state index contributed by atoms with van der Waals surface area (Å²) in [5.74, 6) is -0.664. The van der Waals surface area contributed by atoms with Crippen molar-refractivity contribution in [3.63, 3.8) is 0 Å². The molecule has 0 saturated heterocycles. The number of nitrogens with zero attached hydrogens (tertiary/aromatic N) is 3. The van der Waals surface area contributed by atoms with Crippen LogP contribution in [0.5, 0.6) is 0 Å². The molecule has 8 nitrogen and oxygen atoms in total. The van der Waals surface area contributed by atoms with E-state index in [0.717, 1.165) is 51.0 Å². The summed E-state index contributed by atoms with van der Waals surface area (Å²) < 4.78 is 29.2. The third-order valence-electron chi connectivity index (χ3n) is 7.26. The lowest BCUT2D eigenvalue weighted by molar-refractivity contribution is -0.140. The Morgan fingerprint density at radius 1 is 1.03 bits per heavy atom. The van der Waals surface area contributed by atoms with Crippen LogP contribution in [-0.4, -0.2) is 62.2 Å². The van der Waals surface area contributed by atoms with E-state index in [4.69, 9.17) is 11.6 Å². The van der Waals surface area contributed by atoms with Gasteiger partial charge in [0.15, 0.2) is 0 Å². The third-order valence-corrected chi connectivity index (χ3v) is 9.31. The molecule has 0 aromatic heterocycles. The summed E-state index contributed by atoms with van der Waals surface area (Å²) in [4.78, 5) is 29.1. The summed E-state index contributed by atoms with van der Waals surface area (Å²) in [5.41, 5.74) is 2.83. The van der Waals surface area contributed by atoms with Crippen molar-refractivity contribution in [2.24, 2.45) is 0 Å². The van der Waals surface area contributed by atoms with Gasteiger partial charge in [-0.05, 0) is 68.0 Å². The van der Waals surface area contributed by atoms with E-state index >= 15 is 0 Å². The molecule has 0 spiro atoms. The SMILES string of the molecule is CC[C@@H](C(=O)NC1CCCCC1)N(Cc1ccc(Cl)cc1)C(=O)CN(c1cc(C)ccc1C)S(=O)(=O)N(C)C. The van der Waals surface area contributed by atoms with Crippen LogP contribution in [0.3, 0.4) is 0 Å². The molecule has 10 heteroatoms. The predicted molar refractivity (Wildman–Crippen MR) is 157 cm³/mol. The summed E-state index contributed by atoms with van der Waals surface area (Å²) >= 11 is 6.08. The van der Waals surface area contributed by atoms with Gasteiger partial charge in [-0.2, -0.15) is 12.7 Å². The average molecular weight is 577 g/mol. The monoisotopic (exact) mass is 576 g/mol. The maximum Gasteiger partial charge on any atom is 0.304 e. The number of rotatable bonds is 11. The molecule has 1 atom stereocenters. The van der Waals surface area contributed by atoms with Crippen LogP contribution in [0.1, 0.15) is 62.1 Å². The van der Waals surface area contributed by atoms with Crippen molar-refractivity contribution in [2.75, 3.05) is 24.9 Å². The lowest BCUT2D eigenvalue weighted by atomic mass is 9.95. The highest BCUT2D eigenvalue weighted by Gasteiger charge is 2.35. The molecule has 2 amide bonds. The number of halogens is 1. The van der Waals surface area contributed by atoms with Crippen molar-refractivity contribution in [2.45, 2.75) is 77.9 Å². The molecule has 1 fully saturated rings. The van der Waals surface area contributed by atoms with E-state index in [2.05, 4.69) is 5.32 Å². The predicted octanol–water partition coefficient (Wildman–Crippen LogP) is 4.83. The fraction of sp³-hybridized carbons (Fsp3) is 0.517.